The van der Waals surface area contributed by atoms with Crippen molar-refractivity contribution in [1.29, 1.82) is 0 Å². The van der Waals surface area contributed by atoms with Crippen LogP contribution in [-0.4, -0.2) is 47.5 Å². The molecule has 1 rings (SSSR count). The van der Waals surface area contributed by atoms with E-state index in [4.69, 9.17) is 0 Å². The van der Waals surface area contributed by atoms with Crippen molar-refractivity contribution in [3.8, 4) is 0 Å². The standard InChI is InChI=1S/C11H17F2N3O4S/c1-3-6-21(18,19)7-5-16-9(10(12)13)8(14-15-16)11(17)20-4-2/h10H,3-7H2,1-2H3. The lowest BCUT2D eigenvalue weighted by Gasteiger charge is -2.07. The number of halogens is 2. The molecule has 120 valence electrons. The molecule has 0 bridgehead atoms. The molecular weight excluding hydrogens is 308 g/mol. The topological polar surface area (TPSA) is 91.1 Å². The van der Waals surface area contributed by atoms with Crippen LogP contribution < -0.4 is 0 Å². The van der Waals surface area contributed by atoms with E-state index in [2.05, 4.69) is 15.0 Å². The summed E-state index contributed by atoms with van der Waals surface area (Å²) >= 11 is 0. The Balaban J connectivity index is 2.96. The fourth-order valence-electron chi connectivity index (χ4n) is 1.68. The molecule has 0 spiro atoms. The van der Waals surface area contributed by atoms with Gasteiger partial charge in [-0.2, -0.15) is 0 Å². The van der Waals surface area contributed by atoms with Crippen molar-refractivity contribution in [1.82, 2.24) is 15.0 Å². The van der Waals surface area contributed by atoms with Crippen molar-refractivity contribution in [2.75, 3.05) is 18.1 Å². The van der Waals surface area contributed by atoms with Gasteiger partial charge in [0.2, 0.25) is 0 Å². The van der Waals surface area contributed by atoms with E-state index in [1.807, 2.05) is 0 Å². The van der Waals surface area contributed by atoms with Gasteiger partial charge < -0.3 is 4.74 Å². The lowest BCUT2D eigenvalue weighted by Crippen LogP contribution is -2.18. The zero-order valence-electron chi connectivity index (χ0n) is 11.8. The van der Waals surface area contributed by atoms with Crippen molar-refractivity contribution in [3.05, 3.63) is 11.4 Å². The van der Waals surface area contributed by atoms with Crippen LogP contribution in [0.3, 0.4) is 0 Å². The first-order valence-corrected chi connectivity index (χ1v) is 8.23. The molecule has 1 aromatic rings. The van der Waals surface area contributed by atoms with Crippen LogP contribution >= 0.6 is 0 Å². The van der Waals surface area contributed by atoms with Crippen molar-refractivity contribution in [2.45, 2.75) is 33.2 Å². The first-order valence-electron chi connectivity index (χ1n) is 6.41. The second-order valence-electron chi connectivity index (χ2n) is 4.22. The number of carbonyl (C=O) groups is 1. The smallest absolute Gasteiger partial charge is 0.361 e. The molecule has 0 radical (unpaired) electrons. The van der Waals surface area contributed by atoms with Gasteiger partial charge in [0.25, 0.3) is 6.43 Å². The van der Waals surface area contributed by atoms with Gasteiger partial charge in [-0.15, -0.1) is 5.10 Å². The van der Waals surface area contributed by atoms with Crippen molar-refractivity contribution in [3.63, 3.8) is 0 Å². The predicted octanol–water partition coefficient (Wildman–Crippen LogP) is 1.22. The molecule has 0 aromatic carbocycles. The summed E-state index contributed by atoms with van der Waals surface area (Å²) in [5.74, 6) is -1.38. The predicted molar refractivity (Wildman–Crippen MR) is 69.9 cm³/mol. The number of alkyl halides is 2. The number of rotatable bonds is 8. The Morgan fingerprint density at radius 3 is 2.52 bits per heavy atom. The maximum absolute atomic E-state index is 13.0. The second-order valence-corrected chi connectivity index (χ2v) is 6.52. The number of esters is 1. The summed E-state index contributed by atoms with van der Waals surface area (Å²) in [7, 11) is -3.34. The highest BCUT2D eigenvalue weighted by atomic mass is 32.2. The molecule has 7 nitrogen and oxygen atoms in total. The Hall–Kier alpha value is -1.58. The van der Waals surface area contributed by atoms with Gasteiger partial charge in [0.05, 0.1) is 18.9 Å². The summed E-state index contributed by atoms with van der Waals surface area (Å²) in [5.41, 5.74) is -1.31. The number of carbonyl (C=O) groups excluding carboxylic acids is 1. The molecule has 1 heterocycles. The maximum Gasteiger partial charge on any atom is 0.361 e. The van der Waals surface area contributed by atoms with E-state index < -0.39 is 33.6 Å². The van der Waals surface area contributed by atoms with Gasteiger partial charge in [-0.25, -0.2) is 26.7 Å². The Labute approximate surface area is 121 Å². The molecular formula is C11H17F2N3O4S. The fourth-order valence-corrected chi connectivity index (χ4v) is 2.96. The van der Waals surface area contributed by atoms with Gasteiger partial charge in [0.1, 0.15) is 5.69 Å². The van der Waals surface area contributed by atoms with E-state index in [0.29, 0.717) is 6.42 Å². The van der Waals surface area contributed by atoms with E-state index in [-0.39, 0.29) is 24.7 Å². The van der Waals surface area contributed by atoms with E-state index in [1.165, 1.54) is 6.92 Å². The highest BCUT2D eigenvalue weighted by Crippen LogP contribution is 2.22. The summed E-state index contributed by atoms with van der Waals surface area (Å²) in [6.45, 7) is 2.96. The molecule has 10 heteroatoms. The molecule has 0 atom stereocenters. The molecule has 0 fully saturated rings. The molecule has 0 amide bonds. The van der Waals surface area contributed by atoms with E-state index in [9.17, 15) is 22.0 Å². The minimum absolute atomic E-state index is 0.0131. The molecule has 0 unspecified atom stereocenters. The van der Waals surface area contributed by atoms with Gasteiger partial charge in [-0.3, -0.25) is 0 Å². The van der Waals surface area contributed by atoms with Gasteiger partial charge >= 0.3 is 5.97 Å². The third-order valence-corrected chi connectivity index (χ3v) is 4.41. The molecule has 0 N–H and O–H groups in total. The lowest BCUT2D eigenvalue weighted by molar-refractivity contribution is 0.0506. The second kappa shape index (κ2) is 7.43. The quantitative estimate of drug-likeness (QED) is 0.667. The fraction of sp³-hybridized carbons (Fsp3) is 0.727. The number of ether oxygens (including phenoxy) is 1. The monoisotopic (exact) mass is 325 g/mol. The molecule has 1 aromatic heterocycles. The molecule has 0 aliphatic rings. The summed E-state index contributed by atoms with van der Waals surface area (Å²) in [6.07, 6.45) is -2.57. The number of aromatic nitrogens is 3. The van der Waals surface area contributed by atoms with Gasteiger partial charge in [0, 0.05) is 5.75 Å². The summed E-state index contributed by atoms with van der Waals surface area (Å²) < 4.78 is 54.6. The average Bonchev–Trinajstić information content (AvgIpc) is 2.80. The SMILES string of the molecule is CCCS(=O)(=O)CCn1nnc(C(=O)OCC)c1C(F)F. The highest BCUT2D eigenvalue weighted by molar-refractivity contribution is 7.91. The van der Waals surface area contributed by atoms with Crippen LogP contribution in [0.15, 0.2) is 0 Å². The van der Waals surface area contributed by atoms with Crippen LogP contribution in [-0.2, 0) is 21.1 Å². The zero-order chi connectivity index (χ0) is 16.0. The van der Waals surface area contributed by atoms with Crippen LogP contribution in [0.2, 0.25) is 0 Å². The Kier molecular flexibility index (Phi) is 6.19. The van der Waals surface area contributed by atoms with Crippen molar-refractivity contribution in [2.24, 2.45) is 0 Å². The van der Waals surface area contributed by atoms with Gasteiger partial charge in [0.15, 0.2) is 15.5 Å². The Morgan fingerprint density at radius 1 is 1.33 bits per heavy atom. The largest absolute Gasteiger partial charge is 0.461 e. The summed E-state index contributed by atoms with van der Waals surface area (Å²) in [4.78, 5) is 11.5. The van der Waals surface area contributed by atoms with Crippen LogP contribution in [0.25, 0.3) is 0 Å². The maximum atomic E-state index is 13.0. The molecule has 0 aliphatic heterocycles. The number of nitrogens with zero attached hydrogens (tertiary/aromatic N) is 3. The molecule has 0 saturated carbocycles. The minimum Gasteiger partial charge on any atom is -0.461 e. The van der Waals surface area contributed by atoms with Crippen LogP contribution in [0.4, 0.5) is 8.78 Å². The third-order valence-electron chi connectivity index (χ3n) is 2.58. The number of hydrogen-bond acceptors (Lipinski definition) is 6. The van der Waals surface area contributed by atoms with Crippen LogP contribution in [0, 0.1) is 0 Å². The zero-order valence-corrected chi connectivity index (χ0v) is 12.6. The van der Waals surface area contributed by atoms with Crippen molar-refractivity contribution < 1.29 is 26.7 Å². The lowest BCUT2D eigenvalue weighted by atomic mass is 10.3. The average molecular weight is 325 g/mol. The molecule has 0 saturated heterocycles. The third kappa shape index (κ3) is 4.73. The van der Waals surface area contributed by atoms with Crippen LogP contribution in [0.1, 0.15) is 42.9 Å². The van der Waals surface area contributed by atoms with E-state index in [1.54, 1.807) is 6.92 Å². The van der Waals surface area contributed by atoms with Gasteiger partial charge in [-0.05, 0) is 13.3 Å². The molecule has 0 aliphatic carbocycles. The Bertz CT molecular complexity index is 586. The van der Waals surface area contributed by atoms with Crippen LogP contribution in [0.5, 0.6) is 0 Å². The Morgan fingerprint density at radius 2 is 2.00 bits per heavy atom. The highest BCUT2D eigenvalue weighted by Gasteiger charge is 2.28. The molecule has 21 heavy (non-hydrogen) atoms. The van der Waals surface area contributed by atoms with E-state index in [0.717, 1.165) is 4.68 Å². The summed E-state index contributed by atoms with van der Waals surface area (Å²) in [6, 6.07) is 0. The van der Waals surface area contributed by atoms with E-state index >= 15 is 0 Å². The summed E-state index contributed by atoms with van der Waals surface area (Å²) in [5, 5.41) is 6.79. The van der Waals surface area contributed by atoms with Crippen molar-refractivity contribution >= 4 is 15.8 Å². The number of hydrogen-bond donors (Lipinski definition) is 0. The number of sulfone groups is 1. The van der Waals surface area contributed by atoms with Gasteiger partial charge in [-0.1, -0.05) is 12.1 Å². The first-order chi connectivity index (χ1) is 9.82. The normalized spacial score (nSPS) is 11.9. The number of aryl methyl sites for hydroxylation is 1. The first kappa shape index (κ1) is 17.5. The minimum atomic E-state index is -3.34.